The summed E-state index contributed by atoms with van der Waals surface area (Å²) in [6.45, 7) is 4.93. The smallest absolute Gasteiger partial charge is 0.329 e. The molecule has 0 aliphatic rings. The number of H-pyrrole nitrogens is 1. The van der Waals surface area contributed by atoms with Gasteiger partial charge in [0.05, 0.1) is 10.9 Å². The third kappa shape index (κ3) is 5.88. The zero-order chi connectivity index (χ0) is 26.4. The van der Waals surface area contributed by atoms with Gasteiger partial charge in [0.1, 0.15) is 18.1 Å². The average Bonchev–Trinajstić information content (AvgIpc) is 2.86. The number of amides is 2. The zero-order valence-electron chi connectivity index (χ0n) is 20.4. The topological polar surface area (TPSA) is 150 Å². The molecular weight excluding hydrogens is 464 g/mol. The van der Waals surface area contributed by atoms with E-state index in [2.05, 4.69) is 15.6 Å². The number of aliphatic carboxylic acids is 1. The fraction of sp³-hybridized carbons (Fsp3) is 0.346. The van der Waals surface area contributed by atoms with Crippen LogP contribution in [0.25, 0.3) is 10.9 Å². The standard InChI is InChI=1S/C26H30N4O6/c1-4-15(2)21(25(34)35)29-22(31)16(3)27-23(32)20(14-17-10-6-5-7-11-17)30-24(33)18-12-8-9-13-19(18)28-26(30)36/h5-13,15-16,20-21H,4,14H2,1-3H3,(H,27,32)(H,28,36)(H,29,31)(H,34,35). The number of hydrogen-bond acceptors (Lipinski definition) is 5. The van der Waals surface area contributed by atoms with Crippen molar-refractivity contribution in [2.24, 2.45) is 5.92 Å². The van der Waals surface area contributed by atoms with Gasteiger partial charge in [-0.1, -0.05) is 62.7 Å². The van der Waals surface area contributed by atoms with Crippen molar-refractivity contribution >= 4 is 28.7 Å². The van der Waals surface area contributed by atoms with Crippen molar-refractivity contribution in [2.45, 2.75) is 51.7 Å². The van der Waals surface area contributed by atoms with Gasteiger partial charge in [-0.05, 0) is 30.5 Å². The first-order chi connectivity index (χ1) is 17.1. The first-order valence-electron chi connectivity index (χ1n) is 11.7. The molecule has 0 saturated heterocycles. The molecule has 3 aromatic rings. The van der Waals surface area contributed by atoms with E-state index in [0.29, 0.717) is 17.5 Å². The fourth-order valence-corrected chi connectivity index (χ4v) is 3.93. The Labute approximate surface area is 207 Å². The minimum absolute atomic E-state index is 0.0208. The van der Waals surface area contributed by atoms with Crippen LogP contribution in [-0.4, -0.2) is 44.5 Å². The van der Waals surface area contributed by atoms with Gasteiger partial charge in [0.25, 0.3) is 5.56 Å². The van der Waals surface area contributed by atoms with E-state index >= 15 is 0 Å². The number of hydrogen-bond donors (Lipinski definition) is 4. The number of benzene rings is 2. The number of carboxylic acid groups (broad SMARTS) is 1. The van der Waals surface area contributed by atoms with E-state index in [1.165, 1.54) is 6.92 Å². The average molecular weight is 495 g/mol. The van der Waals surface area contributed by atoms with Crippen LogP contribution in [0.1, 0.15) is 38.8 Å². The molecular formula is C26H30N4O6. The summed E-state index contributed by atoms with van der Waals surface area (Å²) < 4.78 is 0.856. The van der Waals surface area contributed by atoms with E-state index < -0.39 is 47.2 Å². The summed E-state index contributed by atoms with van der Waals surface area (Å²) in [6, 6.07) is 11.9. The Balaban J connectivity index is 1.94. The van der Waals surface area contributed by atoms with E-state index in [-0.39, 0.29) is 17.7 Å². The summed E-state index contributed by atoms with van der Waals surface area (Å²) >= 11 is 0. The van der Waals surface area contributed by atoms with Crippen LogP contribution in [0.15, 0.2) is 64.2 Å². The summed E-state index contributed by atoms with van der Waals surface area (Å²) in [7, 11) is 0. The highest BCUT2D eigenvalue weighted by Gasteiger charge is 2.31. The molecule has 0 fully saturated rings. The maximum Gasteiger partial charge on any atom is 0.329 e. The van der Waals surface area contributed by atoms with Crippen molar-refractivity contribution in [3.05, 3.63) is 81.0 Å². The molecule has 0 bridgehead atoms. The predicted octanol–water partition coefficient (Wildman–Crippen LogP) is 1.59. The second kappa shape index (κ2) is 11.5. The van der Waals surface area contributed by atoms with Gasteiger partial charge in [-0.15, -0.1) is 0 Å². The number of aromatic nitrogens is 2. The number of fused-ring (bicyclic) bond motifs is 1. The van der Waals surface area contributed by atoms with E-state index in [1.54, 1.807) is 61.5 Å². The number of aromatic amines is 1. The summed E-state index contributed by atoms with van der Waals surface area (Å²) in [5, 5.41) is 14.7. The Morgan fingerprint density at radius 3 is 2.22 bits per heavy atom. The highest BCUT2D eigenvalue weighted by atomic mass is 16.4. The van der Waals surface area contributed by atoms with Crippen LogP contribution in [0.3, 0.4) is 0 Å². The van der Waals surface area contributed by atoms with Gasteiger partial charge in [-0.3, -0.25) is 14.4 Å². The molecule has 1 aromatic heterocycles. The van der Waals surface area contributed by atoms with E-state index in [0.717, 1.165) is 4.57 Å². The molecule has 2 amide bonds. The molecule has 0 saturated carbocycles. The second-order valence-electron chi connectivity index (χ2n) is 8.80. The van der Waals surface area contributed by atoms with Gasteiger partial charge in [0.2, 0.25) is 11.8 Å². The first kappa shape index (κ1) is 26.4. The maximum absolute atomic E-state index is 13.4. The number of carboxylic acids is 1. The molecule has 4 atom stereocenters. The van der Waals surface area contributed by atoms with Gasteiger partial charge in [0.15, 0.2) is 0 Å². The van der Waals surface area contributed by atoms with E-state index in [4.69, 9.17) is 0 Å². The number of carbonyl (C=O) groups is 3. The Morgan fingerprint density at radius 2 is 1.58 bits per heavy atom. The molecule has 10 nitrogen and oxygen atoms in total. The number of para-hydroxylation sites is 1. The van der Waals surface area contributed by atoms with Gasteiger partial charge in [-0.2, -0.15) is 0 Å². The van der Waals surface area contributed by atoms with Crippen molar-refractivity contribution in [3.8, 4) is 0 Å². The molecule has 0 aliphatic heterocycles. The van der Waals surface area contributed by atoms with Crippen molar-refractivity contribution in [3.63, 3.8) is 0 Å². The SMILES string of the molecule is CCC(C)C(NC(=O)C(C)NC(=O)C(Cc1ccccc1)n1c(=O)[nH]c2ccccc2c1=O)C(=O)O. The van der Waals surface area contributed by atoms with Crippen molar-refractivity contribution in [1.82, 2.24) is 20.2 Å². The monoisotopic (exact) mass is 494 g/mol. The minimum atomic E-state index is -1.26. The highest BCUT2D eigenvalue weighted by molar-refractivity contribution is 5.91. The van der Waals surface area contributed by atoms with Gasteiger partial charge in [0, 0.05) is 6.42 Å². The number of carbonyl (C=O) groups excluding carboxylic acids is 2. The van der Waals surface area contributed by atoms with Crippen LogP contribution in [-0.2, 0) is 20.8 Å². The summed E-state index contributed by atoms with van der Waals surface area (Å²) in [5.74, 6) is -2.91. The summed E-state index contributed by atoms with van der Waals surface area (Å²) in [5.41, 5.74) is -0.336. The fourth-order valence-electron chi connectivity index (χ4n) is 3.93. The molecule has 4 N–H and O–H groups in total. The summed E-state index contributed by atoms with van der Waals surface area (Å²) in [6.07, 6.45) is 0.553. The number of nitrogens with one attached hydrogen (secondary N) is 3. The van der Waals surface area contributed by atoms with Crippen LogP contribution in [0.4, 0.5) is 0 Å². The Morgan fingerprint density at radius 1 is 0.944 bits per heavy atom. The molecule has 190 valence electrons. The lowest BCUT2D eigenvalue weighted by Crippen LogP contribution is -2.54. The summed E-state index contributed by atoms with van der Waals surface area (Å²) in [4.78, 5) is 66.5. The Hall–Kier alpha value is -4.21. The zero-order valence-corrected chi connectivity index (χ0v) is 20.4. The quantitative estimate of drug-likeness (QED) is 0.336. The van der Waals surface area contributed by atoms with Crippen LogP contribution in [0.2, 0.25) is 0 Å². The van der Waals surface area contributed by atoms with Crippen LogP contribution < -0.4 is 21.9 Å². The van der Waals surface area contributed by atoms with Gasteiger partial charge < -0.3 is 20.7 Å². The van der Waals surface area contributed by atoms with Crippen LogP contribution >= 0.6 is 0 Å². The van der Waals surface area contributed by atoms with Crippen molar-refractivity contribution in [2.75, 3.05) is 0 Å². The third-order valence-electron chi connectivity index (χ3n) is 6.25. The molecule has 0 radical (unpaired) electrons. The molecule has 3 rings (SSSR count). The van der Waals surface area contributed by atoms with Crippen molar-refractivity contribution in [1.29, 1.82) is 0 Å². The van der Waals surface area contributed by atoms with Gasteiger partial charge in [-0.25, -0.2) is 14.2 Å². The Kier molecular flexibility index (Phi) is 8.42. The molecule has 4 unspecified atom stereocenters. The first-order valence-corrected chi connectivity index (χ1v) is 11.7. The lowest BCUT2D eigenvalue weighted by molar-refractivity contribution is -0.143. The normalized spacial score (nSPS) is 14.4. The number of nitrogens with zero attached hydrogens (tertiary/aromatic N) is 1. The molecule has 0 spiro atoms. The molecule has 36 heavy (non-hydrogen) atoms. The Bertz CT molecular complexity index is 1360. The largest absolute Gasteiger partial charge is 0.480 e. The third-order valence-corrected chi connectivity index (χ3v) is 6.25. The molecule has 10 heteroatoms. The number of rotatable bonds is 10. The maximum atomic E-state index is 13.4. The predicted molar refractivity (Wildman–Crippen MR) is 135 cm³/mol. The minimum Gasteiger partial charge on any atom is -0.480 e. The van der Waals surface area contributed by atoms with E-state index in [9.17, 15) is 29.1 Å². The van der Waals surface area contributed by atoms with Crippen molar-refractivity contribution < 1.29 is 19.5 Å². The van der Waals surface area contributed by atoms with Crippen LogP contribution in [0, 0.1) is 5.92 Å². The second-order valence-corrected chi connectivity index (χ2v) is 8.80. The molecule has 1 heterocycles. The highest BCUT2D eigenvalue weighted by Crippen LogP contribution is 2.14. The van der Waals surface area contributed by atoms with E-state index in [1.807, 2.05) is 6.92 Å². The lowest BCUT2D eigenvalue weighted by atomic mass is 9.99. The molecule has 2 aromatic carbocycles. The molecule has 0 aliphatic carbocycles. The van der Waals surface area contributed by atoms with Crippen LogP contribution in [0.5, 0.6) is 0 Å². The lowest BCUT2D eigenvalue weighted by Gasteiger charge is -2.24. The van der Waals surface area contributed by atoms with Gasteiger partial charge >= 0.3 is 11.7 Å².